The van der Waals surface area contributed by atoms with Crippen LogP contribution in [0.3, 0.4) is 0 Å². The summed E-state index contributed by atoms with van der Waals surface area (Å²) in [6.45, 7) is 2.51. The number of aromatic amines is 1. The fourth-order valence-corrected chi connectivity index (χ4v) is 2.76. The number of amides is 2. The first-order valence-electron chi connectivity index (χ1n) is 7.42. The van der Waals surface area contributed by atoms with Crippen LogP contribution in [-0.2, 0) is 9.59 Å². The first kappa shape index (κ1) is 15.2. The van der Waals surface area contributed by atoms with Crippen LogP contribution in [-0.4, -0.2) is 44.6 Å². The minimum atomic E-state index is -0.753. The topological polar surface area (TPSA) is 143 Å². The number of carbonyl (C=O) groups excluding carboxylic acids is 2. The number of fused-ring (bicyclic) bond motifs is 1. The van der Waals surface area contributed by atoms with E-state index in [1.807, 2.05) is 6.92 Å². The second-order valence-electron chi connectivity index (χ2n) is 5.88. The van der Waals surface area contributed by atoms with Crippen LogP contribution in [0.4, 0.5) is 11.5 Å². The van der Waals surface area contributed by atoms with Crippen molar-refractivity contribution in [1.82, 2.24) is 20.1 Å². The van der Waals surface area contributed by atoms with Crippen LogP contribution in [0.15, 0.2) is 12.4 Å². The number of nitrogens with one attached hydrogen (secondary N) is 2. The molecule has 2 atom stereocenters. The zero-order chi connectivity index (χ0) is 16.6. The highest BCUT2D eigenvalue weighted by Gasteiger charge is 2.31. The molecule has 9 nitrogen and oxygen atoms in total. The van der Waals surface area contributed by atoms with Crippen molar-refractivity contribution in [2.24, 2.45) is 11.7 Å². The third-order valence-corrected chi connectivity index (χ3v) is 4.08. The van der Waals surface area contributed by atoms with Gasteiger partial charge in [0.2, 0.25) is 0 Å². The van der Waals surface area contributed by atoms with Crippen LogP contribution in [0.25, 0.3) is 10.9 Å². The average molecular weight is 317 g/mol. The number of nitrogens with two attached hydrogens (primary N) is 2. The van der Waals surface area contributed by atoms with E-state index >= 15 is 0 Å². The molecule has 122 valence electrons. The van der Waals surface area contributed by atoms with Crippen LogP contribution in [0, 0.1) is 5.92 Å². The molecule has 0 aromatic carbocycles. The number of nitrogen functional groups attached to an aromatic ring is 1. The summed E-state index contributed by atoms with van der Waals surface area (Å²) in [7, 11) is 0. The third-order valence-electron chi connectivity index (χ3n) is 4.08. The maximum absolute atomic E-state index is 12.4. The number of piperidine rings is 1. The molecule has 1 aliphatic rings. The highest BCUT2D eigenvalue weighted by molar-refractivity contribution is 6.40. The van der Waals surface area contributed by atoms with Gasteiger partial charge in [0, 0.05) is 6.54 Å². The average Bonchev–Trinajstić information content (AvgIpc) is 3.02. The molecule has 6 N–H and O–H groups in total. The van der Waals surface area contributed by atoms with Crippen molar-refractivity contribution in [3.8, 4) is 0 Å². The summed E-state index contributed by atoms with van der Waals surface area (Å²) in [6, 6.07) is 0. The number of anilines is 2. The molecule has 0 saturated carbocycles. The van der Waals surface area contributed by atoms with Gasteiger partial charge < -0.3 is 21.7 Å². The summed E-state index contributed by atoms with van der Waals surface area (Å²) in [4.78, 5) is 30.0. The second kappa shape index (κ2) is 5.84. The van der Waals surface area contributed by atoms with Crippen molar-refractivity contribution in [3.05, 3.63) is 12.4 Å². The number of aromatic nitrogens is 3. The predicted octanol–water partition coefficient (Wildman–Crippen LogP) is 0.0219. The molecule has 1 aliphatic heterocycles. The molecule has 23 heavy (non-hydrogen) atoms. The normalized spacial score (nSPS) is 21.4. The van der Waals surface area contributed by atoms with E-state index in [1.165, 1.54) is 17.3 Å². The maximum Gasteiger partial charge on any atom is 0.314 e. The first-order valence-corrected chi connectivity index (χ1v) is 7.42. The van der Waals surface area contributed by atoms with Crippen molar-refractivity contribution in [1.29, 1.82) is 0 Å². The quantitative estimate of drug-likeness (QED) is 0.546. The van der Waals surface area contributed by atoms with Gasteiger partial charge in [0.05, 0.1) is 35.1 Å². The molecular formula is C14H19N7O2. The molecule has 2 aromatic heterocycles. The van der Waals surface area contributed by atoms with E-state index in [0.717, 1.165) is 6.42 Å². The SMILES string of the molecule is C[C@H]1CC[C@H](N)N(C(=O)C(=O)Nc2cnc(N)c3cn[nH]c23)C1. The van der Waals surface area contributed by atoms with Gasteiger partial charge in [0.25, 0.3) is 0 Å². The van der Waals surface area contributed by atoms with Crippen LogP contribution >= 0.6 is 0 Å². The van der Waals surface area contributed by atoms with E-state index in [4.69, 9.17) is 11.5 Å². The van der Waals surface area contributed by atoms with Crippen molar-refractivity contribution in [3.63, 3.8) is 0 Å². The fourth-order valence-electron chi connectivity index (χ4n) is 2.76. The molecule has 2 aromatic rings. The zero-order valence-corrected chi connectivity index (χ0v) is 12.7. The number of hydrogen-bond acceptors (Lipinski definition) is 6. The fraction of sp³-hybridized carbons (Fsp3) is 0.429. The standard InChI is InChI=1S/C14H19N7O2/c1-7-2-3-10(15)21(6-7)14(23)13(22)19-9-5-17-12(16)8-4-18-20-11(8)9/h4-5,7,10H,2-3,6,15H2,1H3,(H2,16,17)(H,18,20)(H,19,22)/t7-,10+/m0/s1. The number of carbonyl (C=O) groups is 2. The van der Waals surface area contributed by atoms with Crippen molar-refractivity contribution < 1.29 is 9.59 Å². The van der Waals surface area contributed by atoms with E-state index in [2.05, 4.69) is 20.5 Å². The number of likely N-dealkylation sites (tertiary alicyclic amines) is 1. The van der Waals surface area contributed by atoms with Crippen molar-refractivity contribution in [2.75, 3.05) is 17.6 Å². The number of pyridine rings is 1. The molecule has 9 heteroatoms. The van der Waals surface area contributed by atoms with Gasteiger partial charge in [-0.1, -0.05) is 6.92 Å². The zero-order valence-electron chi connectivity index (χ0n) is 12.7. The lowest BCUT2D eigenvalue weighted by Crippen LogP contribution is -2.54. The molecule has 0 aliphatic carbocycles. The Morgan fingerprint density at radius 2 is 2.17 bits per heavy atom. The Kier molecular flexibility index (Phi) is 3.87. The molecule has 0 radical (unpaired) electrons. The Morgan fingerprint density at radius 3 is 2.96 bits per heavy atom. The molecule has 0 spiro atoms. The van der Waals surface area contributed by atoms with Gasteiger partial charge in [0.15, 0.2) is 0 Å². The van der Waals surface area contributed by atoms with E-state index in [0.29, 0.717) is 41.3 Å². The Hall–Kier alpha value is -2.68. The lowest BCUT2D eigenvalue weighted by Gasteiger charge is -2.35. The number of H-pyrrole nitrogens is 1. The molecule has 2 amide bonds. The molecule has 0 bridgehead atoms. The number of rotatable bonds is 1. The Balaban J connectivity index is 1.79. The largest absolute Gasteiger partial charge is 0.383 e. The summed E-state index contributed by atoms with van der Waals surface area (Å²) >= 11 is 0. The van der Waals surface area contributed by atoms with Crippen LogP contribution in [0.2, 0.25) is 0 Å². The third kappa shape index (κ3) is 2.82. The van der Waals surface area contributed by atoms with Gasteiger partial charge in [-0.2, -0.15) is 5.10 Å². The van der Waals surface area contributed by atoms with Gasteiger partial charge >= 0.3 is 11.8 Å². The Labute approximate surface area is 132 Å². The van der Waals surface area contributed by atoms with Crippen LogP contribution in [0.1, 0.15) is 19.8 Å². The van der Waals surface area contributed by atoms with Crippen LogP contribution < -0.4 is 16.8 Å². The van der Waals surface area contributed by atoms with E-state index in [-0.39, 0.29) is 0 Å². The second-order valence-corrected chi connectivity index (χ2v) is 5.88. The van der Waals surface area contributed by atoms with Gasteiger partial charge in [-0.3, -0.25) is 14.7 Å². The highest BCUT2D eigenvalue weighted by Crippen LogP contribution is 2.24. The summed E-state index contributed by atoms with van der Waals surface area (Å²) < 4.78 is 0. The Morgan fingerprint density at radius 1 is 1.39 bits per heavy atom. The van der Waals surface area contributed by atoms with E-state index in [9.17, 15) is 9.59 Å². The lowest BCUT2D eigenvalue weighted by atomic mass is 9.98. The van der Waals surface area contributed by atoms with Gasteiger partial charge in [-0.05, 0) is 18.8 Å². The summed E-state index contributed by atoms with van der Waals surface area (Å²) in [5.74, 6) is -0.778. The molecule has 3 heterocycles. The predicted molar refractivity (Wildman–Crippen MR) is 85.0 cm³/mol. The van der Waals surface area contributed by atoms with E-state index in [1.54, 1.807) is 0 Å². The number of hydrogen-bond donors (Lipinski definition) is 4. The van der Waals surface area contributed by atoms with Gasteiger partial charge in [-0.15, -0.1) is 0 Å². The van der Waals surface area contributed by atoms with Gasteiger partial charge in [-0.25, -0.2) is 4.98 Å². The number of nitrogens with zero attached hydrogens (tertiary/aromatic N) is 3. The monoisotopic (exact) mass is 317 g/mol. The van der Waals surface area contributed by atoms with Gasteiger partial charge in [0.1, 0.15) is 5.82 Å². The Bertz CT molecular complexity index is 757. The summed E-state index contributed by atoms with van der Waals surface area (Å²) in [5, 5.41) is 9.75. The van der Waals surface area contributed by atoms with E-state index < -0.39 is 18.0 Å². The highest BCUT2D eigenvalue weighted by atomic mass is 16.2. The molecule has 1 fully saturated rings. The minimum absolute atomic E-state index is 0.296. The minimum Gasteiger partial charge on any atom is -0.383 e. The summed E-state index contributed by atoms with van der Waals surface area (Å²) in [6.07, 6.45) is 4.11. The van der Waals surface area contributed by atoms with Crippen molar-refractivity contribution in [2.45, 2.75) is 25.9 Å². The maximum atomic E-state index is 12.4. The molecule has 0 unspecified atom stereocenters. The molecule has 3 rings (SSSR count). The molecule has 1 saturated heterocycles. The molecular weight excluding hydrogens is 298 g/mol. The smallest absolute Gasteiger partial charge is 0.314 e. The lowest BCUT2D eigenvalue weighted by molar-refractivity contribution is -0.146. The summed E-state index contributed by atoms with van der Waals surface area (Å²) in [5.41, 5.74) is 12.6. The van der Waals surface area contributed by atoms with Crippen molar-refractivity contribution >= 4 is 34.2 Å². The first-order chi connectivity index (χ1) is 11.0. The van der Waals surface area contributed by atoms with Crippen LogP contribution in [0.5, 0.6) is 0 Å².